The molecule has 0 unspecified atom stereocenters. The highest BCUT2D eigenvalue weighted by molar-refractivity contribution is 5.70. The number of carboxylic acids is 1. The maximum atomic E-state index is 10.5. The maximum absolute atomic E-state index is 10.5. The fraction of sp³-hybridized carbons (Fsp3) is 0.857. The Balaban J connectivity index is 2.34. The van der Waals surface area contributed by atoms with Crippen molar-refractivity contribution in [1.82, 2.24) is 0 Å². The molecule has 0 amide bonds. The van der Waals surface area contributed by atoms with E-state index in [4.69, 9.17) is 9.84 Å². The fourth-order valence-electron chi connectivity index (χ4n) is 1.09. The summed E-state index contributed by atoms with van der Waals surface area (Å²) in [7, 11) is 1.54. The topological polar surface area (TPSA) is 46.5 Å². The molecule has 58 valence electrons. The Hall–Kier alpha value is -0.570. The van der Waals surface area contributed by atoms with Crippen molar-refractivity contribution in [2.75, 3.05) is 13.7 Å². The first-order valence-corrected chi connectivity index (χ1v) is 3.47. The van der Waals surface area contributed by atoms with Crippen molar-refractivity contribution in [3.05, 3.63) is 0 Å². The highest BCUT2D eigenvalue weighted by Gasteiger charge is 2.35. The number of carboxylic acid groups (broad SMARTS) is 1. The first kappa shape index (κ1) is 7.54. The maximum Gasteiger partial charge on any atom is 0.309 e. The summed E-state index contributed by atoms with van der Waals surface area (Å²) in [5.74, 6) is -0.591. The minimum absolute atomic E-state index is 0.259. The van der Waals surface area contributed by atoms with Gasteiger partial charge in [-0.25, -0.2) is 0 Å². The highest BCUT2D eigenvalue weighted by Crippen LogP contribution is 2.36. The molecule has 1 saturated carbocycles. The lowest BCUT2D eigenvalue weighted by Gasteiger charge is -2.07. The molecule has 1 aliphatic rings. The molecule has 0 aromatic carbocycles. The van der Waals surface area contributed by atoms with E-state index in [1.807, 2.05) is 0 Å². The van der Waals surface area contributed by atoms with Crippen LogP contribution in [-0.2, 0) is 9.53 Å². The first-order chi connectivity index (χ1) is 4.75. The molecule has 10 heavy (non-hydrogen) atoms. The van der Waals surface area contributed by atoms with Crippen LogP contribution in [0.1, 0.15) is 12.8 Å². The average Bonchev–Trinajstić information content (AvgIpc) is 2.63. The van der Waals surface area contributed by atoms with Gasteiger partial charge in [0, 0.05) is 7.11 Å². The van der Waals surface area contributed by atoms with Crippen LogP contribution in [0.2, 0.25) is 0 Å². The second-order valence-corrected chi connectivity index (χ2v) is 2.74. The van der Waals surface area contributed by atoms with Gasteiger partial charge in [0.15, 0.2) is 0 Å². The van der Waals surface area contributed by atoms with E-state index in [0.717, 1.165) is 12.8 Å². The lowest BCUT2D eigenvalue weighted by molar-refractivity contribution is -0.144. The molecule has 1 fully saturated rings. The second kappa shape index (κ2) is 3.01. The average molecular weight is 144 g/mol. The van der Waals surface area contributed by atoms with Crippen molar-refractivity contribution in [2.24, 2.45) is 11.8 Å². The number of ether oxygens (including phenoxy) is 1. The Morgan fingerprint density at radius 1 is 1.80 bits per heavy atom. The lowest BCUT2D eigenvalue weighted by Crippen LogP contribution is -2.20. The number of methoxy groups -OCH3 is 1. The molecule has 0 heterocycles. The molecule has 0 aromatic rings. The summed E-state index contributed by atoms with van der Waals surface area (Å²) < 4.78 is 4.79. The van der Waals surface area contributed by atoms with E-state index in [1.165, 1.54) is 0 Å². The molecule has 3 nitrogen and oxygen atoms in total. The third-order valence-corrected chi connectivity index (χ3v) is 1.85. The van der Waals surface area contributed by atoms with Crippen LogP contribution in [0.5, 0.6) is 0 Å². The van der Waals surface area contributed by atoms with Gasteiger partial charge in [-0.1, -0.05) is 0 Å². The van der Waals surface area contributed by atoms with Crippen LogP contribution in [0.25, 0.3) is 0 Å². The smallest absolute Gasteiger partial charge is 0.309 e. The SMILES string of the molecule is COC[C@@H](C(=O)O)C1CC1. The van der Waals surface area contributed by atoms with E-state index in [0.29, 0.717) is 12.5 Å². The zero-order valence-electron chi connectivity index (χ0n) is 6.04. The number of rotatable bonds is 4. The van der Waals surface area contributed by atoms with Gasteiger partial charge in [0.2, 0.25) is 0 Å². The van der Waals surface area contributed by atoms with Gasteiger partial charge in [-0.2, -0.15) is 0 Å². The molecular weight excluding hydrogens is 132 g/mol. The first-order valence-electron chi connectivity index (χ1n) is 3.47. The zero-order chi connectivity index (χ0) is 7.56. The zero-order valence-corrected chi connectivity index (χ0v) is 6.04. The molecule has 0 radical (unpaired) electrons. The van der Waals surface area contributed by atoms with Crippen LogP contribution in [0, 0.1) is 11.8 Å². The molecule has 1 atom stereocenters. The van der Waals surface area contributed by atoms with Crippen LogP contribution < -0.4 is 0 Å². The number of aliphatic carboxylic acids is 1. The Kier molecular flexibility index (Phi) is 2.27. The molecule has 1 N–H and O–H groups in total. The van der Waals surface area contributed by atoms with Gasteiger partial charge in [0.05, 0.1) is 12.5 Å². The van der Waals surface area contributed by atoms with Crippen LogP contribution in [0.4, 0.5) is 0 Å². The number of carbonyl (C=O) groups is 1. The fourth-order valence-corrected chi connectivity index (χ4v) is 1.09. The molecule has 0 aliphatic heterocycles. The van der Waals surface area contributed by atoms with E-state index < -0.39 is 5.97 Å². The van der Waals surface area contributed by atoms with Gasteiger partial charge in [0.1, 0.15) is 0 Å². The molecule has 0 spiro atoms. The van der Waals surface area contributed by atoms with E-state index in [-0.39, 0.29) is 5.92 Å². The minimum Gasteiger partial charge on any atom is -0.481 e. The van der Waals surface area contributed by atoms with E-state index in [1.54, 1.807) is 7.11 Å². The number of hydrogen-bond donors (Lipinski definition) is 1. The van der Waals surface area contributed by atoms with Crippen LogP contribution >= 0.6 is 0 Å². The van der Waals surface area contributed by atoms with E-state index >= 15 is 0 Å². The molecule has 1 aliphatic carbocycles. The Labute approximate surface area is 60.0 Å². The van der Waals surface area contributed by atoms with Crippen molar-refractivity contribution in [3.63, 3.8) is 0 Å². The predicted octanol–water partition coefficient (Wildman–Crippen LogP) is 0.744. The van der Waals surface area contributed by atoms with Gasteiger partial charge in [-0.05, 0) is 18.8 Å². The quantitative estimate of drug-likeness (QED) is 0.633. The third kappa shape index (κ3) is 1.70. The van der Waals surface area contributed by atoms with Crippen molar-refractivity contribution < 1.29 is 14.6 Å². The predicted molar refractivity (Wildman–Crippen MR) is 35.7 cm³/mol. The van der Waals surface area contributed by atoms with Crippen molar-refractivity contribution in [2.45, 2.75) is 12.8 Å². The van der Waals surface area contributed by atoms with Crippen molar-refractivity contribution >= 4 is 5.97 Å². The monoisotopic (exact) mass is 144 g/mol. The summed E-state index contributed by atoms with van der Waals surface area (Å²) in [6.45, 7) is 0.361. The largest absolute Gasteiger partial charge is 0.481 e. The van der Waals surface area contributed by atoms with Gasteiger partial charge < -0.3 is 9.84 Å². The molecular formula is C7H12O3. The van der Waals surface area contributed by atoms with E-state index in [2.05, 4.69) is 0 Å². The third-order valence-electron chi connectivity index (χ3n) is 1.85. The van der Waals surface area contributed by atoms with Gasteiger partial charge in [0.25, 0.3) is 0 Å². The minimum atomic E-state index is -0.718. The Bertz CT molecular complexity index is 129. The summed E-state index contributed by atoms with van der Waals surface area (Å²) >= 11 is 0. The van der Waals surface area contributed by atoms with Gasteiger partial charge in [-0.3, -0.25) is 4.79 Å². The second-order valence-electron chi connectivity index (χ2n) is 2.74. The summed E-state index contributed by atoms with van der Waals surface area (Å²) in [4.78, 5) is 10.5. The van der Waals surface area contributed by atoms with Crippen LogP contribution in [-0.4, -0.2) is 24.8 Å². The molecule has 0 bridgehead atoms. The van der Waals surface area contributed by atoms with Crippen LogP contribution in [0.3, 0.4) is 0 Å². The van der Waals surface area contributed by atoms with E-state index in [9.17, 15) is 4.79 Å². The number of hydrogen-bond acceptors (Lipinski definition) is 2. The molecule has 0 aromatic heterocycles. The van der Waals surface area contributed by atoms with Crippen molar-refractivity contribution in [3.8, 4) is 0 Å². The van der Waals surface area contributed by atoms with Gasteiger partial charge >= 0.3 is 5.97 Å². The molecule has 1 rings (SSSR count). The lowest BCUT2D eigenvalue weighted by atomic mass is 10.1. The highest BCUT2D eigenvalue weighted by atomic mass is 16.5. The molecule has 0 saturated heterocycles. The Morgan fingerprint density at radius 3 is 2.70 bits per heavy atom. The Morgan fingerprint density at radius 2 is 2.40 bits per heavy atom. The summed E-state index contributed by atoms with van der Waals surface area (Å²) in [5, 5.41) is 8.63. The molecule has 3 heteroatoms. The summed E-state index contributed by atoms with van der Waals surface area (Å²) in [5.41, 5.74) is 0. The summed E-state index contributed by atoms with van der Waals surface area (Å²) in [6.07, 6.45) is 2.11. The van der Waals surface area contributed by atoms with Crippen LogP contribution in [0.15, 0.2) is 0 Å². The standard InChI is InChI=1S/C7H12O3/c1-10-4-6(7(8)9)5-2-3-5/h5-6H,2-4H2,1H3,(H,8,9)/t6-/m1/s1. The van der Waals surface area contributed by atoms with Crippen molar-refractivity contribution in [1.29, 1.82) is 0 Å². The summed E-state index contributed by atoms with van der Waals surface area (Å²) in [6, 6.07) is 0. The normalized spacial score (nSPS) is 20.5. The van der Waals surface area contributed by atoms with Gasteiger partial charge in [-0.15, -0.1) is 0 Å².